The number of hydrogen-bond donors (Lipinski definition) is 1. The summed E-state index contributed by atoms with van der Waals surface area (Å²) >= 11 is 0. The number of methoxy groups -OCH3 is 1. The van der Waals surface area contributed by atoms with Crippen molar-refractivity contribution in [1.29, 1.82) is 0 Å². The average Bonchev–Trinajstić information content (AvgIpc) is 3.09. The maximum Gasteiger partial charge on any atom is 0.295 e. The molecular weight excluding hydrogens is 432 g/mol. The molecule has 0 spiro atoms. The minimum absolute atomic E-state index is 0.00678. The second-order valence-corrected chi connectivity index (χ2v) is 8.25. The van der Waals surface area contributed by atoms with Gasteiger partial charge in [0.2, 0.25) is 0 Å². The SMILES string of the molecule is COc1ccc(C2/C(=C(/O)c3ccc(OC(C)C)cc3)C(=O)C(=O)N2Cc2cccnc2)cc1. The third-order valence-corrected chi connectivity index (χ3v) is 5.55. The number of benzene rings is 2. The highest BCUT2D eigenvalue weighted by atomic mass is 16.5. The fourth-order valence-electron chi connectivity index (χ4n) is 3.98. The summed E-state index contributed by atoms with van der Waals surface area (Å²) in [7, 11) is 1.57. The molecule has 1 aliphatic heterocycles. The van der Waals surface area contributed by atoms with Gasteiger partial charge in [-0.2, -0.15) is 0 Å². The molecule has 1 N–H and O–H groups in total. The van der Waals surface area contributed by atoms with E-state index >= 15 is 0 Å². The van der Waals surface area contributed by atoms with Crippen molar-refractivity contribution < 1.29 is 24.2 Å². The van der Waals surface area contributed by atoms with Crippen molar-refractivity contribution in [2.45, 2.75) is 32.5 Å². The van der Waals surface area contributed by atoms with Crippen LogP contribution in [-0.2, 0) is 16.1 Å². The zero-order valence-corrected chi connectivity index (χ0v) is 19.3. The lowest BCUT2D eigenvalue weighted by atomic mass is 9.95. The summed E-state index contributed by atoms with van der Waals surface area (Å²) in [6.45, 7) is 4.02. The predicted octanol–water partition coefficient (Wildman–Crippen LogP) is 4.50. The monoisotopic (exact) mass is 458 g/mol. The number of carbonyl (C=O) groups is 2. The molecule has 0 bridgehead atoms. The van der Waals surface area contributed by atoms with E-state index in [1.54, 1.807) is 74.1 Å². The number of pyridine rings is 1. The number of likely N-dealkylation sites (tertiary alicyclic amines) is 1. The van der Waals surface area contributed by atoms with Gasteiger partial charge in [-0.05, 0) is 67.4 Å². The van der Waals surface area contributed by atoms with Crippen LogP contribution in [0.4, 0.5) is 0 Å². The van der Waals surface area contributed by atoms with Crippen LogP contribution in [-0.4, -0.2) is 39.9 Å². The van der Waals surface area contributed by atoms with Crippen molar-refractivity contribution >= 4 is 17.4 Å². The first-order valence-corrected chi connectivity index (χ1v) is 11.0. The Labute approximate surface area is 198 Å². The van der Waals surface area contributed by atoms with Crippen LogP contribution in [0.25, 0.3) is 5.76 Å². The zero-order valence-electron chi connectivity index (χ0n) is 19.3. The number of ketones is 1. The Balaban J connectivity index is 1.79. The van der Waals surface area contributed by atoms with Gasteiger partial charge in [0.05, 0.1) is 24.8 Å². The lowest BCUT2D eigenvalue weighted by molar-refractivity contribution is -0.140. The second-order valence-electron chi connectivity index (χ2n) is 8.25. The summed E-state index contributed by atoms with van der Waals surface area (Å²) in [5.74, 6) is -0.344. The van der Waals surface area contributed by atoms with E-state index in [1.807, 2.05) is 19.9 Å². The number of hydrogen-bond acceptors (Lipinski definition) is 6. The van der Waals surface area contributed by atoms with Crippen molar-refractivity contribution in [3.63, 3.8) is 0 Å². The minimum Gasteiger partial charge on any atom is -0.507 e. The van der Waals surface area contributed by atoms with Gasteiger partial charge in [-0.15, -0.1) is 0 Å². The van der Waals surface area contributed by atoms with E-state index in [0.717, 1.165) is 5.56 Å². The molecule has 174 valence electrons. The van der Waals surface area contributed by atoms with Gasteiger partial charge in [0.1, 0.15) is 17.3 Å². The fraction of sp³-hybridized carbons (Fsp3) is 0.222. The van der Waals surface area contributed by atoms with Crippen LogP contribution in [0.3, 0.4) is 0 Å². The lowest BCUT2D eigenvalue weighted by Gasteiger charge is -2.25. The maximum absolute atomic E-state index is 13.2. The summed E-state index contributed by atoms with van der Waals surface area (Å²) in [4.78, 5) is 31.8. The molecule has 34 heavy (non-hydrogen) atoms. The molecule has 2 aromatic carbocycles. The topological polar surface area (TPSA) is 89.0 Å². The molecule has 0 aliphatic carbocycles. The number of aromatic nitrogens is 1. The van der Waals surface area contributed by atoms with Crippen LogP contribution >= 0.6 is 0 Å². The molecule has 0 radical (unpaired) electrons. The van der Waals surface area contributed by atoms with E-state index in [4.69, 9.17) is 9.47 Å². The molecule has 1 aromatic heterocycles. The number of ether oxygens (including phenoxy) is 2. The standard InChI is InChI=1S/C27H26N2O5/c1-17(2)34-22-12-8-20(9-13-22)25(30)23-24(19-6-10-21(33-3)11-7-19)29(27(32)26(23)31)16-18-5-4-14-28-15-18/h4-15,17,24,30H,16H2,1-3H3/b25-23-. The molecule has 7 nitrogen and oxygen atoms in total. The molecule has 1 atom stereocenters. The first-order chi connectivity index (χ1) is 16.4. The Hall–Kier alpha value is -4.13. The van der Waals surface area contributed by atoms with Gasteiger partial charge >= 0.3 is 0 Å². The Morgan fingerprint density at radius 3 is 2.29 bits per heavy atom. The van der Waals surface area contributed by atoms with Gasteiger partial charge in [0, 0.05) is 24.5 Å². The summed E-state index contributed by atoms with van der Waals surface area (Å²) in [5, 5.41) is 11.2. The molecule has 1 amide bonds. The highest BCUT2D eigenvalue weighted by Gasteiger charge is 2.46. The van der Waals surface area contributed by atoms with Crippen LogP contribution < -0.4 is 9.47 Å². The number of nitrogens with zero attached hydrogens (tertiary/aromatic N) is 2. The van der Waals surface area contributed by atoms with Crippen molar-refractivity contribution in [3.05, 3.63) is 95.3 Å². The number of carbonyl (C=O) groups excluding carboxylic acids is 2. The Kier molecular flexibility index (Phi) is 6.63. The first kappa shape index (κ1) is 23.0. The number of amides is 1. The molecule has 1 aliphatic rings. The summed E-state index contributed by atoms with van der Waals surface area (Å²) in [6.07, 6.45) is 3.30. The second kappa shape index (κ2) is 9.79. The zero-order chi connectivity index (χ0) is 24.2. The lowest BCUT2D eigenvalue weighted by Crippen LogP contribution is -2.29. The number of aliphatic hydroxyl groups is 1. The van der Waals surface area contributed by atoms with Gasteiger partial charge in [-0.1, -0.05) is 18.2 Å². The third-order valence-electron chi connectivity index (χ3n) is 5.55. The normalized spacial score (nSPS) is 17.3. The third kappa shape index (κ3) is 4.64. The molecule has 1 unspecified atom stereocenters. The molecular formula is C27H26N2O5. The van der Waals surface area contributed by atoms with E-state index < -0.39 is 17.7 Å². The van der Waals surface area contributed by atoms with Gasteiger partial charge in [0.15, 0.2) is 0 Å². The quantitative estimate of drug-likeness (QED) is 0.319. The largest absolute Gasteiger partial charge is 0.507 e. The Bertz CT molecular complexity index is 1200. The van der Waals surface area contributed by atoms with E-state index in [1.165, 1.54) is 4.90 Å². The van der Waals surface area contributed by atoms with Gasteiger partial charge < -0.3 is 19.5 Å². The van der Waals surface area contributed by atoms with Crippen molar-refractivity contribution in [3.8, 4) is 11.5 Å². The average molecular weight is 459 g/mol. The Morgan fingerprint density at radius 1 is 1.03 bits per heavy atom. The van der Waals surface area contributed by atoms with E-state index in [0.29, 0.717) is 22.6 Å². The van der Waals surface area contributed by atoms with Crippen LogP contribution in [0.2, 0.25) is 0 Å². The highest BCUT2D eigenvalue weighted by Crippen LogP contribution is 2.40. The number of rotatable bonds is 7. The smallest absolute Gasteiger partial charge is 0.295 e. The van der Waals surface area contributed by atoms with Gasteiger partial charge in [-0.25, -0.2) is 0 Å². The maximum atomic E-state index is 13.2. The Morgan fingerprint density at radius 2 is 1.71 bits per heavy atom. The van der Waals surface area contributed by atoms with E-state index in [9.17, 15) is 14.7 Å². The molecule has 0 saturated carbocycles. The predicted molar refractivity (Wildman–Crippen MR) is 127 cm³/mol. The number of aliphatic hydroxyl groups excluding tert-OH is 1. The van der Waals surface area contributed by atoms with Crippen molar-refractivity contribution in [2.75, 3.05) is 7.11 Å². The minimum atomic E-state index is -0.766. The molecule has 1 fully saturated rings. The van der Waals surface area contributed by atoms with Crippen LogP contribution in [0.5, 0.6) is 11.5 Å². The summed E-state index contributed by atoms with van der Waals surface area (Å²) < 4.78 is 10.9. The fourth-order valence-corrected chi connectivity index (χ4v) is 3.98. The summed E-state index contributed by atoms with van der Waals surface area (Å²) in [6, 6.07) is 16.7. The van der Waals surface area contributed by atoms with Gasteiger partial charge in [0.25, 0.3) is 11.7 Å². The van der Waals surface area contributed by atoms with Crippen molar-refractivity contribution in [1.82, 2.24) is 9.88 Å². The first-order valence-electron chi connectivity index (χ1n) is 11.0. The molecule has 1 saturated heterocycles. The van der Waals surface area contributed by atoms with Gasteiger partial charge in [-0.3, -0.25) is 14.6 Å². The molecule has 7 heteroatoms. The molecule has 2 heterocycles. The number of Topliss-reactive ketones (excluding diaryl/α,β-unsaturated/α-hetero) is 1. The van der Waals surface area contributed by atoms with Crippen LogP contribution in [0, 0.1) is 0 Å². The molecule has 4 rings (SSSR count). The van der Waals surface area contributed by atoms with E-state index in [2.05, 4.69) is 4.98 Å². The van der Waals surface area contributed by atoms with Crippen LogP contribution in [0.1, 0.15) is 36.6 Å². The van der Waals surface area contributed by atoms with E-state index in [-0.39, 0.29) is 24.0 Å². The summed E-state index contributed by atoms with van der Waals surface area (Å²) in [5.41, 5.74) is 1.92. The van der Waals surface area contributed by atoms with Crippen molar-refractivity contribution in [2.24, 2.45) is 0 Å². The molecule has 3 aromatic rings. The van der Waals surface area contributed by atoms with Crippen LogP contribution in [0.15, 0.2) is 78.6 Å². The highest BCUT2D eigenvalue weighted by molar-refractivity contribution is 6.46.